The summed E-state index contributed by atoms with van der Waals surface area (Å²) in [6.07, 6.45) is 1.33. The maximum Gasteiger partial charge on any atom is 0.326 e. The largest absolute Gasteiger partial charge is 0.480 e. The van der Waals surface area contributed by atoms with Gasteiger partial charge in [-0.2, -0.15) is 0 Å². The summed E-state index contributed by atoms with van der Waals surface area (Å²) in [6.45, 7) is 0. The van der Waals surface area contributed by atoms with Crippen LogP contribution in [0.3, 0.4) is 0 Å². The summed E-state index contributed by atoms with van der Waals surface area (Å²) in [6, 6.07) is 7.88. The summed E-state index contributed by atoms with van der Waals surface area (Å²) in [5.74, 6) is -1.83. The number of carboxylic acids is 1. The highest BCUT2D eigenvalue weighted by Gasteiger charge is 2.26. The van der Waals surface area contributed by atoms with Gasteiger partial charge in [-0.3, -0.25) is 4.79 Å². The molecule has 0 aliphatic rings. The van der Waals surface area contributed by atoms with Crippen molar-refractivity contribution in [2.24, 2.45) is 0 Å². The van der Waals surface area contributed by atoms with Crippen molar-refractivity contribution < 1.29 is 24.2 Å². The second-order valence-electron chi connectivity index (χ2n) is 4.82. The van der Waals surface area contributed by atoms with Crippen LogP contribution in [0, 0.1) is 0 Å². The minimum atomic E-state index is -1.15. The van der Waals surface area contributed by atoms with E-state index in [9.17, 15) is 14.7 Å². The molecule has 1 amide bonds. The number of aliphatic carboxylic acids is 1. The first-order chi connectivity index (χ1) is 11.6. The van der Waals surface area contributed by atoms with Crippen molar-refractivity contribution in [2.75, 3.05) is 14.2 Å². The lowest BCUT2D eigenvalue weighted by molar-refractivity contribution is -0.139. The van der Waals surface area contributed by atoms with E-state index in [1.54, 1.807) is 24.3 Å². The number of aromatic nitrogens is 2. The zero-order valence-corrected chi connectivity index (χ0v) is 13.2. The first-order valence-electron chi connectivity index (χ1n) is 7.07. The van der Waals surface area contributed by atoms with Gasteiger partial charge in [0.15, 0.2) is 5.56 Å². The van der Waals surface area contributed by atoms with Crippen molar-refractivity contribution in [3.8, 4) is 11.8 Å². The standard InChI is InChI=1S/C16H17N3O5/c1-23-14-12(15(24-2)18-9-17-14)13(20)19-11(16(21)22)8-10-6-4-3-5-7-10/h3-7,9,11H,8H2,1-2H3,(H,19,20)(H,21,22). The molecule has 1 unspecified atom stereocenters. The molecule has 126 valence electrons. The fourth-order valence-electron chi connectivity index (χ4n) is 2.14. The Morgan fingerprint density at radius 3 is 2.21 bits per heavy atom. The normalized spacial score (nSPS) is 11.4. The van der Waals surface area contributed by atoms with E-state index in [4.69, 9.17) is 9.47 Å². The van der Waals surface area contributed by atoms with Gasteiger partial charge in [0, 0.05) is 6.42 Å². The molecule has 2 rings (SSSR count). The quantitative estimate of drug-likeness (QED) is 0.776. The van der Waals surface area contributed by atoms with Crippen molar-refractivity contribution in [1.29, 1.82) is 0 Å². The van der Waals surface area contributed by atoms with Crippen molar-refractivity contribution in [3.05, 3.63) is 47.8 Å². The van der Waals surface area contributed by atoms with Gasteiger partial charge in [0.25, 0.3) is 5.91 Å². The first kappa shape index (κ1) is 17.2. The van der Waals surface area contributed by atoms with E-state index in [1.807, 2.05) is 6.07 Å². The number of nitrogens with zero attached hydrogens (tertiary/aromatic N) is 2. The van der Waals surface area contributed by atoms with Gasteiger partial charge in [-0.25, -0.2) is 14.8 Å². The molecular formula is C16H17N3O5. The fourth-order valence-corrected chi connectivity index (χ4v) is 2.14. The van der Waals surface area contributed by atoms with E-state index in [0.29, 0.717) is 0 Å². The number of carbonyl (C=O) groups is 2. The molecule has 8 nitrogen and oxygen atoms in total. The van der Waals surface area contributed by atoms with Crippen LogP contribution in [-0.2, 0) is 11.2 Å². The smallest absolute Gasteiger partial charge is 0.326 e. The van der Waals surface area contributed by atoms with E-state index in [2.05, 4.69) is 15.3 Å². The number of carbonyl (C=O) groups excluding carboxylic acids is 1. The molecule has 0 radical (unpaired) electrons. The molecule has 1 heterocycles. The van der Waals surface area contributed by atoms with Crippen LogP contribution < -0.4 is 14.8 Å². The Hall–Kier alpha value is -3.16. The van der Waals surface area contributed by atoms with Gasteiger partial charge in [0.05, 0.1) is 14.2 Å². The average molecular weight is 331 g/mol. The van der Waals surface area contributed by atoms with Crippen LogP contribution in [0.25, 0.3) is 0 Å². The summed E-state index contributed by atoms with van der Waals surface area (Å²) < 4.78 is 10.1. The van der Waals surface area contributed by atoms with Gasteiger partial charge >= 0.3 is 5.97 Å². The Balaban J connectivity index is 2.24. The van der Waals surface area contributed by atoms with Gasteiger partial charge in [-0.1, -0.05) is 30.3 Å². The van der Waals surface area contributed by atoms with Gasteiger partial charge in [0.1, 0.15) is 12.4 Å². The van der Waals surface area contributed by atoms with E-state index < -0.39 is 17.9 Å². The van der Waals surface area contributed by atoms with Gasteiger partial charge in [-0.15, -0.1) is 0 Å². The highest BCUT2D eigenvalue weighted by Crippen LogP contribution is 2.23. The topological polar surface area (TPSA) is 111 Å². The van der Waals surface area contributed by atoms with Crippen LogP contribution in [-0.4, -0.2) is 47.2 Å². The van der Waals surface area contributed by atoms with Crippen LogP contribution in [0.5, 0.6) is 11.8 Å². The summed E-state index contributed by atoms with van der Waals surface area (Å²) >= 11 is 0. The van der Waals surface area contributed by atoms with E-state index in [0.717, 1.165) is 5.56 Å². The molecule has 0 aliphatic heterocycles. The monoisotopic (exact) mass is 331 g/mol. The predicted octanol–water partition coefficient (Wildman–Crippen LogP) is 0.919. The highest BCUT2D eigenvalue weighted by atomic mass is 16.5. The molecular weight excluding hydrogens is 314 g/mol. The van der Waals surface area contributed by atoms with E-state index in [1.165, 1.54) is 20.5 Å². The highest BCUT2D eigenvalue weighted by molar-refractivity contribution is 6.00. The molecule has 2 N–H and O–H groups in total. The average Bonchev–Trinajstić information content (AvgIpc) is 2.60. The van der Waals surface area contributed by atoms with Crippen molar-refractivity contribution in [2.45, 2.75) is 12.5 Å². The third-order valence-electron chi connectivity index (χ3n) is 3.28. The molecule has 24 heavy (non-hydrogen) atoms. The molecule has 0 saturated heterocycles. The van der Waals surface area contributed by atoms with Crippen LogP contribution in [0.2, 0.25) is 0 Å². The second kappa shape index (κ2) is 7.91. The molecule has 1 aromatic carbocycles. The maximum atomic E-state index is 12.5. The Labute approximate surface area is 138 Å². The molecule has 1 aromatic heterocycles. The van der Waals surface area contributed by atoms with E-state index >= 15 is 0 Å². The Kier molecular flexibility index (Phi) is 5.67. The fraction of sp³-hybridized carbons (Fsp3) is 0.250. The molecule has 2 aromatic rings. The lowest BCUT2D eigenvalue weighted by Crippen LogP contribution is -2.42. The maximum absolute atomic E-state index is 12.5. The van der Waals surface area contributed by atoms with Gasteiger partial charge in [-0.05, 0) is 5.56 Å². The number of amides is 1. The number of carboxylic acid groups (broad SMARTS) is 1. The van der Waals surface area contributed by atoms with Crippen LogP contribution in [0.4, 0.5) is 0 Å². The SMILES string of the molecule is COc1ncnc(OC)c1C(=O)NC(Cc1ccccc1)C(=O)O. The zero-order valence-electron chi connectivity index (χ0n) is 13.2. The summed E-state index contributed by atoms with van der Waals surface area (Å²) in [4.78, 5) is 31.6. The zero-order chi connectivity index (χ0) is 17.5. The number of benzene rings is 1. The van der Waals surface area contributed by atoms with Crippen LogP contribution >= 0.6 is 0 Å². The Bertz CT molecular complexity index is 699. The minimum Gasteiger partial charge on any atom is -0.480 e. The summed E-state index contributed by atoms with van der Waals surface area (Å²) in [7, 11) is 2.69. The number of hydrogen-bond donors (Lipinski definition) is 2. The third kappa shape index (κ3) is 3.97. The van der Waals surface area contributed by atoms with Crippen LogP contribution in [0.1, 0.15) is 15.9 Å². The molecule has 8 heteroatoms. The first-order valence-corrected chi connectivity index (χ1v) is 7.07. The number of rotatable bonds is 7. The van der Waals surface area contributed by atoms with Crippen LogP contribution in [0.15, 0.2) is 36.7 Å². The Morgan fingerprint density at radius 2 is 1.71 bits per heavy atom. The summed E-state index contributed by atoms with van der Waals surface area (Å²) in [5, 5.41) is 11.8. The number of hydrogen-bond acceptors (Lipinski definition) is 6. The third-order valence-corrected chi connectivity index (χ3v) is 3.28. The lowest BCUT2D eigenvalue weighted by atomic mass is 10.1. The molecule has 1 atom stereocenters. The molecule has 0 aliphatic carbocycles. The van der Waals surface area contributed by atoms with Gasteiger partial charge < -0.3 is 19.9 Å². The second-order valence-corrected chi connectivity index (χ2v) is 4.82. The predicted molar refractivity (Wildman–Crippen MR) is 84.2 cm³/mol. The number of nitrogens with one attached hydrogen (secondary N) is 1. The summed E-state index contributed by atoms with van der Waals surface area (Å²) in [5.41, 5.74) is 0.732. The molecule has 0 spiro atoms. The number of ether oxygens (including phenoxy) is 2. The molecule has 0 bridgehead atoms. The number of methoxy groups -OCH3 is 2. The molecule has 0 fully saturated rings. The Morgan fingerprint density at radius 1 is 1.12 bits per heavy atom. The minimum absolute atomic E-state index is 0.00296. The van der Waals surface area contributed by atoms with Crippen molar-refractivity contribution in [3.63, 3.8) is 0 Å². The molecule has 0 saturated carbocycles. The van der Waals surface area contributed by atoms with Gasteiger partial charge in [0.2, 0.25) is 11.8 Å². The van der Waals surface area contributed by atoms with Crippen molar-refractivity contribution >= 4 is 11.9 Å². The lowest BCUT2D eigenvalue weighted by Gasteiger charge is -2.16. The van der Waals surface area contributed by atoms with E-state index in [-0.39, 0.29) is 23.7 Å². The van der Waals surface area contributed by atoms with Crippen molar-refractivity contribution in [1.82, 2.24) is 15.3 Å².